The van der Waals surface area contributed by atoms with Crippen LogP contribution in [0.15, 0.2) is 41.0 Å². The second kappa shape index (κ2) is 4.94. The number of aliphatic hydroxyl groups is 1. The maximum atomic E-state index is 12.8. The number of hydrogen-bond acceptors (Lipinski definition) is 3. The minimum atomic E-state index is -0.503. The molecule has 2 aromatic rings. The summed E-state index contributed by atoms with van der Waals surface area (Å²) in [5, 5.41) is 12.7. The highest BCUT2D eigenvalue weighted by Crippen LogP contribution is 2.37. The highest BCUT2D eigenvalue weighted by Gasteiger charge is 2.49. The number of fused-ring (bicyclic) bond motifs is 2. The van der Waals surface area contributed by atoms with Crippen molar-refractivity contribution in [2.75, 3.05) is 13.1 Å². The molecule has 0 aliphatic carbocycles. The first-order valence-corrected chi connectivity index (χ1v) is 8.06. The molecule has 1 atom stereocenters. The number of hydrogen-bond donors (Lipinski definition) is 2. The van der Waals surface area contributed by atoms with E-state index in [4.69, 9.17) is 0 Å². The molecule has 0 saturated carbocycles. The summed E-state index contributed by atoms with van der Waals surface area (Å²) >= 11 is 3.45. The van der Waals surface area contributed by atoms with Gasteiger partial charge in [0.2, 0.25) is 0 Å². The summed E-state index contributed by atoms with van der Waals surface area (Å²) < 4.78 is 2.92. The van der Waals surface area contributed by atoms with Crippen LogP contribution in [0.25, 0.3) is 0 Å². The number of carbonyl (C=O) groups is 1. The van der Waals surface area contributed by atoms with Crippen molar-refractivity contribution in [2.45, 2.75) is 18.8 Å². The van der Waals surface area contributed by atoms with E-state index in [0.29, 0.717) is 13.1 Å². The van der Waals surface area contributed by atoms with Crippen LogP contribution in [0.2, 0.25) is 0 Å². The van der Waals surface area contributed by atoms with E-state index >= 15 is 0 Å². The SMILES string of the molecule is O=C1c2cc(Br)cn2CC2(c3ccc(CO)cc3)NCCN12. The average Bonchev–Trinajstić information content (AvgIpc) is 3.12. The standard InChI is InChI=1S/C16H16BrN3O2/c17-13-7-14-15(22)20-6-5-18-16(20,10-19(14)8-13)12-3-1-11(9-21)2-4-12/h1-4,7-8,18,21H,5-6,9-10H2. The van der Waals surface area contributed by atoms with Gasteiger partial charge in [-0.05, 0) is 33.1 Å². The van der Waals surface area contributed by atoms with Gasteiger partial charge >= 0.3 is 0 Å². The normalized spacial score (nSPS) is 23.5. The van der Waals surface area contributed by atoms with Crippen molar-refractivity contribution in [2.24, 2.45) is 0 Å². The smallest absolute Gasteiger partial charge is 0.272 e. The van der Waals surface area contributed by atoms with E-state index in [-0.39, 0.29) is 12.5 Å². The van der Waals surface area contributed by atoms with Gasteiger partial charge in [-0.2, -0.15) is 0 Å². The predicted octanol–water partition coefficient (Wildman–Crippen LogP) is 1.65. The van der Waals surface area contributed by atoms with Gasteiger partial charge in [0.25, 0.3) is 5.91 Å². The Kier molecular flexibility index (Phi) is 3.14. The van der Waals surface area contributed by atoms with Crippen LogP contribution < -0.4 is 5.32 Å². The summed E-state index contributed by atoms with van der Waals surface area (Å²) in [5.74, 6) is 0.0492. The molecule has 5 nitrogen and oxygen atoms in total. The van der Waals surface area contributed by atoms with Gasteiger partial charge < -0.3 is 14.6 Å². The number of rotatable bonds is 2. The number of halogens is 1. The molecule has 6 heteroatoms. The van der Waals surface area contributed by atoms with Crippen LogP contribution in [0.1, 0.15) is 21.6 Å². The second-order valence-corrected chi connectivity index (χ2v) is 6.69. The molecule has 1 aromatic carbocycles. The lowest BCUT2D eigenvalue weighted by molar-refractivity contribution is 0.0398. The van der Waals surface area contributed by atoms with Crippen LogP contribution in [-0.4, -0.2) is 33.6 Å². The molecule has 2 aliphatic rings. The quantitative estimate of drug-likeness (QED) is 0.855. The molecule has 22 heavy (non-hydrogen) atoms. The predicted molar refractivity (Wildman–Crippen MR) is 85.2 cm³/mol. The molecule has 3 heterocycles. The molecule has 114 valence electrons. The van der Waals surface area contributed by atoms with Crippen molar-refractivity contribution in [1.29, 1.82) is 0 Å². The molecular weight excluding hydrogens is 346 g/mol. The Morgan fingerprint density at radius 3 is 2.82 bits per heavy atom. The van der Waals surface area contributed by atoms with Gasteiger partial charge in [-0.25, -0.2) is 0 Å². The monoisotopic (exact) mass is 361 g/mol. The molecule has 1 unspecified atom stereocenters. The molecule has 4 rings (SSSR count). The van der Waals surface area contributed by atoms with Gasteiger partial charge in [0.05, 0.1) is 13.2 Å². The van der Waals surface area contributed by atoms with Gasteiger partial charge in [0, 0.05) is 23.8 Å². The lowest BCUT2D eigenvalue weighted by Gasteiger charge is -2.43. The van der Waals surface area contributed by atoms with Crippen LogP contribution in [-0.2, 0) is 18.8 Å². The van der Waals surface area contributed by atoms with Crippen molar-refractivity contribution in [3.63, 3.8) is 0 Å². The minimum absolute atomic E-state index is 0.0258. The zero-order chi connectivity index (χ0) is 15.3. The van der Waals surface area contributed by atoms with Crippen LogP contribution >= 0.6 is 15.9 Å². The fourth-order valence-corrected chi connectivity index (χ4v) is 3.95. The Hall–Kier alpha value is -1.63. The third-order valence-electron chi connectivity index (χ3n) is 4.55. The average molecular weight is 362 g/mol. The first-order valence-electron chi connectivity index (χ1n) is 7.27. The van der Waals surface area contributed by atoms with E-state index in [1.165, 1.54) is 0 Å². The maximum Gasteiger partial charge on any atom is 0.272 e. The lowest BCUT2D eigenvalue weighted by Crippen LogP contribution is -2.57. The number of nitrogens with one attached hydrogen (secondary N) is 1. The molecule has 1 aromatic heterocycles. The number of benzene rings is 1. The zero-order valence-corrected chi connectivity index (χ0v) is 13.5. The first-order chi connectivity index (χ1) is 10.6. The van der Waals surface area contributed by atoms with Gasteiger partial charge in [-0.15, -0.1) is 0 Å². The van der Waals surface area contributed by atoms with E-state index in [2.05, 4.69) is 21.2 Å². The summed E-state index contributed by atoms with van der Waals surface area (Å²) in [5.41, 5.74) is 2.14. The Balaban J connectivity index is 1.83. The fraction of sp³-hybridized carbons (Fsp3) is 0.312. The van der Waals surface area contributed by atoms with Crippen LogP contribution in [0.5, 0.6) is 0 Å². The largest absolute Gasteiger partial charge is 0.392 e. The summed E-state index contributed by atoms with van der Waals surface area (Å²) in [7, 11) is 0. The van der Waals surface area contributed by atoms with E-state index < -0.39 is 5.66 Å². The van der Waals surface area contributed by atoms with Crippen molar-refractivity contribution >= 4 is 21.8 Å². The fourth-order valence-electron chi connectivity index (χ4n) is 3.48. The summed E-state index contributed by atoms with van der Waals surface area (Å²) in [4.78, 5) is 14.7. The first kappa shape index (κ1) is 14.0. The van der Waals surface area contributed by atoms with Crippen molar-refractivity contribution in [3.8, 4) is 0 Å². The van der Waals surface area contributed by atoms with E-state index in [0.717, 1.165) is 27.8 Å². The Bertz CT molecular complexity index is 740. The van der Waals surface area contributed by atoms with E-state index in [1.54, 1.807) is 0 Å². The van der Waals surface area contributed by atoms with Gasteiger partial charge in [0.1, 0.15) is 11.4 Å². The molecule has 1 fully saturated rings. The summed E-state index contributed by atoms with van der Waals surface area (Å²) in [6.07, 6.45) is 1.95. The molecule has 2 N–H and O–H groups in total. The van der Waals surface area contributed by atoms with E-state index in [1.807, 2.05) is 46.0 Å². The van der Waals surface area contributed by atoms with Crippen LogP contribution in [0.3, 0.4) is 0 Å². The van der Waals surface area contributed by atoms with Crippen LogP contribution in [0, 0.1) is 0 Å². The van der Waals surface area contributed by atoms with Gasteiger partial charge in [0.15, 0.2) is 0 Å². The topological polar surface area (TPSA) is 57.5 Å². The van der Waals surface area contributed by atoms with E-state index in [9.17, 15) is 9.90 Å². The zero-order valence-electron chi connectivity index (χ0n) is 11.9. The Labute approximate surface area is 136 Å². The minimum Gasteiger partial charge on any atom is -0.392 e. The van der Waals surface area contributed by atoms with Crippen molar-refractivity contribution < 1.29 is 9.90 Å². The lowest BCUT2D eigenvalue weighted by atomic mass is 9.95. The number of amides is 1. The molecule has 0 radical (unpaired) electrons. The summed E-state index contributed by atoms with van der Waals surface area (Å²) in [6.45, 7) is 2.18. The number of aromatic nitrogens is 1. The third kappa shape index (κ3) is 1.87. The van der Waals surface area contributed by atoms with Gasteiger partial charge in [-0.1, -0.05) is 24.3 Å². The van der Waals surface area contributed by atoms with Gasteiger partial charge in [-0.3, -0.25) is 10.1 Å². The van der Waals surface area contributed by atoms with Crippen molar-refractivity contribution in [3.05, 3.63) is 57.8 Å². The summed E-state index contributed by atoms with van der Waals surface area (Å²) in [6, 6.07) is 9.68. The highest BCUT2D eigenvalue weighted by molar-refractivity contribution is 9.10. The Morgan fingerprint density at radius 2 is 2.09 bits per heavy atom. The molecule has 1 amide bonds. The second-order valence-electron chi connectivity index (χ2n) is 5.77. The van der Waals surface area contributed by atoms with Crippen molar-refractivity contribution in [1.82, 2.24) is 14.8 Å². The number of carbonyl (C=O) groups excluding carboxylic acids is 1. The Morgan fingerprint density at radius 1 is 1.32 bits per heavy atom. The molecule has 2 aliphatic heterocycles. The highest BCUT2D eigenvalue weighted by atomic mass is 79.9. The molecule has 0 spiro atoms. The molecule has 0 bridgehead atoms. The number of nitrogens with zero attached hydrogens (tertiary/aromatic N) is 2. The number of aliphatic hydroxyl groups excluding tert-OH is 1. The molecule has 1 saturated heterocycles. The maximum absolute atomic E-state index is 12.8. The third-order valence-corrected chi connectivity index (χ3v) is 4.99. The van der Waals surface area contributed by atoms with Crippen LogP contribution in [0.4, 0.5) is 0 Å². The molecular formula is C16H16BrN3O2.